The third-order valence-electron chi connectivity index (χ3n) is 4.82. The maximum absolute atomic E-state index is 2.36. The minimum absolute atomic E-state index is 1.07. The molecule has 0 radical (unpaired) electrons. The van der Waals surface area contributed by atoms with Crippen molar-refractivity contribution in [2.24, 2.45) is 0 Å². The average molecular weight is 296 g/mol. The van der Waals surface area contributed by atoms with Crippen LogP contribution in [0.3, 0.4) is 0 Å². The highest BCUT2D eigenvalue weighted by molar-refractivity contribution is 6.15. The Kier molecular flexibility index (Phi) is 3.38. The van der Waals surface area contributed by atoms with Gasteiger partial charge in [0.25, 0.3) is 0 Å². The predicted molar refractivity (Wildman–Crippen MR) is 101 cm³/mol. The van der Waals surface area contributed by atoms with E-state index in [1.54, 1.807) is 0 Å². The van der Waals surface area contributed by atoms with Crippen molar-refractivity contribution in [2.75, 3.05) is 0 Å². The lowest BCUT2D eigenvalue weighted by Crippen LogP contribution is -1.91. The Morgan fingerprint density at radius 2 is 1.35 bits per heavy atom. The zero-order chi connectivity index (χ0) is 15.8. The molecule has 4 aromatic carbocycles. The molecule has 0 aromatic heterocycles. The second-order valence-electron chi connectivity index (χ2n) is 6.15. The average Bonchev–Trinajstić information content (AvgIpc) is 2.63. The van der Waals surface area contributed by atoms with Crippen molar-refractivity contribution in [2.45, 2.75) is 20.3 Å². The van der Waals surface area contributed by atoms with Gasteiger partial charge in [-0.3, -0.25) is 0 Å². The first kappa shape index (κ1) is 14.0. The highest BCUT2D eigenvalue weighted by atomic mass is 14.2. The van der Waals surface area contributed by atoms with Gasteiger partial charge >= 0.3 is 0 Å². The molecule has 0 N–H and O–H groups in total. The van der Waals surface area contributed by atoms with E-state index in [-0.39, 0.29) is 0 Å². The van der Waals surface area contributed by atoms with Gasteiger partial charge in [0.15, 0.2) is 0 Å². The van der Waals surface area contributed by atoms with Gasteiger partial charge in [0, 0.05) is 0 Å². The van der Waals surface area contributed by atoms with E-state index in [4.69, 9.17) is 0 Å². The first-order chi connectivity index (χ1) is 11.3. The molecule has 112 valence electrons. The van der Waals surface area contributed by atoms with E-state index in [2.05, 4.69) is 86.6 Å². The predicted octanol–water partition coefficient (Wildman–Crippen LogP) is 6.53. The summed E-state index contributed by atoms with van der Waals surface area (Å²) in [5.41, 5.74) is 5.42. The van der Waals surface area contributed by atoms with Crippen LogP contribution in [0.1, 0.15) is 18.1 Å². The molecule has 0 spiro atoms. The Hall–Kier alpha value is -2.60. The molecular weight excluding hydrogens is 276 g/mol. The van der Waals surface area contributed by atoms with Crippen LogP contribution >= 0.6 is 0 Å². The van der Waals surface area contributed by atoms with Crippen LogP contribution in [-0.4, -0.2) is 0 Å². The summed E-state index contributed by atoms with van der Waals surface area (Å²) in [6, 6.07) is 26.5. The minimum atomic E-state index is 1.07. The van der Waals surface area contributed by atoms with E-state index in [0.29, 0.717) is 0 Å². The van der Waals surface area contributed by atoms with Crippen LogP contribution in [0.4, 0.5) is 0 Å². The van der Waals surface area contributed by atoms with Gasteiger partial charge in [-0.15, -0.1) is 0 Å². The SMILES string of the molecule is CCc1ccc2c(-c3ccccc3)c(C)c3ccccc3c2c1. The molecule has 0 saturated heterocycles. The molecule has 0 aliphatic carbocycles. The van der Waals surface area contributed by atoms with Crippen molar-refractivity contribution < 1.29 is 0 Å². The van der Waals surface area contributed by atoms with E-state index in [9.17, 15) is 0 Å². The molecule has 23 heavy (non-hydrogen) atoms. The molecule has 0 heterocycles. The maximum Gasteiger partial charge on any atom is -0.00697 e. The van der Waals surface area contributed by atoms with Crippen molar-refractivity contribution in [1.29, 1.82) is 0 Å². The summed E-state index contributed by atoms with van der Waals surface area (Å²) in [5.74, 6) is 0. The first-order valence-corrected chi connectivity index (χ1v) is 8.29. The molecule has 4 rings (SSSR count). The summed E-state index contributed by atoms with van der Waals surface area (Å²) >= 11 is 0. The molecule has 0 aliphatic heterocycles. The summed E-state index contributed by atoms with van der Waals surface area (Å²) in [6.45, 7) is 4.47. The topological polar surface area (TPSA) is 0 Å². The Morgan fingerprint density at radius 1 is 0.652 bits per heavy atom. The van der Waals surface area contributed by atoms with Crippen LogP contribution in [0.15, 0.2) is 72.8 Å². The van der Waals surface area contributed by atoms with Crippen LogP contribution < -0.4 is 0 Å². The molecule has 4 aromatic rings. The van der Waals surface area contributed by atoms with Gasteiger partial charge in [-0.2, -0.15) is 0 Å². The van der Waals surface area contributed by atoms with Crippen molar-refractivity contribution in [3.63, 3.8) is 0 Å². The van der Waals surface area contributed by atoms with Crippen molar-refractivity contribution in [3.05, 3.63) is 83.9 Å². The molecule has 0 heteroatoms. The molecule has 0 unspecified atom stereocenters. The van der Waals surface area contributed by atoms with Gasteiger partial charge in [-0.1, -0.05) is 79.7 Å². The van der Waals surface area contributed by atoms with Crippen LogP contribution in [0.5, 0.6) is 0 Å². The first-order valence-electron chi connectivity index (χ1n) is 8.29. The Balaban J connectivity index is 2.22. The van der Waals surface area contributed by atoms with E-state index >= 15 is 0 Å². The summed E-state index contributed by atoms with van der Waals surface area (Å²) in [5, 5.41) is 5.43. The lowest BCUT2D eigenvalue weighted by Gasteiger charge is -2.16. The fourth-order valence-electron chi connectivity index (χ4n) is 3.61. The fourth-order valence-corrected chi connectivity index (χ4v) is 3.61. The standard InChI is InChI=1S/C23H20/c1-3-17-13-14-21-22(15-17)20-12-8-7-11-19(20)16(2)23(21)18-9-5-4-6-10-18/h4-15H,3H2,1-2H3. The van der Waals surface area contributed by atoms with Crippen LogP contribution in [0.25, 0.3) is 32.7 Å². The van der Waals surface area contributed by atoms with Gasteiger partial charge in [-0.05, 0) is 57.1 Å². The van der Waals surface area contributed by atoms with E-state index in [0.717, 1.165) is 6.42 Å². The molecule has 0 atom stereocenters. The van der Waals surface area contributed by atoms with Gasteiger partial charge in [0.05, 0.1) is 0 Å². The zero-order valence-electron chi connectivity index (χ0n) is 13.6. The lowest BCUT2D eigenvalue weighted by molar-refractivity contribution is 1.15. The number of benzene rings is 4. The minimum Gasteiger partial charge on any atom is -0.0622 e. The Morgan fingerprint density at radius 3 is 2.09 bits per heavy atom. The normalized spacial score (nSPS) is 11.2. The molecule has 0 aliphatic rings. The monoisotopic (exact) mass is 296 g/mol. The number of aryl methyl sites for hydroxylation is 2. The van der Waals surface area contributed by atoms with E-state index < -0.39 is 0 Å². The van der Waals surface area contributed by atoms with Crippen LogP contribution in [0.2, 0.25) is 0 Å². The molecule has 0 bridgehead atoms. The largest absolute Gasteiger partial charge is 0.0622 e. The van der Waals surface area contributed by atoms with Crippen molar-refractivity contribution in [3.8, 4) is 11.1 Å². The smallest absolute Gasteiger partial charge is 0.00697 e. The Labute approximate surface area is 137 Å². The molecule has 0 fully saturated rings. The van der Waals surface area contributed by atoms with Gasteiger partial charge in [0.1, 0.15) is 0 Å². The summed E-state index contributed by atoms with van der Waals surface area (Å²) in [6.07, 6.45) is 1.07. The number of hydrogen-bond acceptors (Lipinski definition) is 0. The summed E-state index contributed by atoms with van der Waals surface area (Å²) < 4.78 is 0. The number of rotatable bonds is 2. The highest BCUT2D eigenvalue weighted by Gasteiger charge is 2.13. The highest BCUT2D eigenvalue weighted by Crippen LogP contribution is 2.38. The third kappa shape index (κ3) is 2.22. The van der Waals surface area contributed by atoms with E-state index in [1.807, 2.05) is 0 Å². The molecule has 0 amide bonds. The molecule has 0 saturated carbocycles. The van der Waals surface area contributed by atoms with Gasteiger partial charge < -0.3 is 0 Å². The van der Waals surface area contributed by atoms with Crippen molar-refractivity contribution >= 4 is 21.5 Å². The molecular formula is C23H20. The summed E-state index contributed by atoms with van der Waals surface area (Å²) in [7, 11) is 0. The third-order valence-corrected chi connectivity index (χ3v) is 4.82. The second-order valence-corrected chi connectivity index (χ2v) is 6.15. The van der Waals surface area contributed by atoms with Gasteiger partial charge in [-0.25, -0.2) is 0 Å². The quantitative estimate of drug-likeness (QED) is 0.369. The number of hydrogen-bond donors (Lipinski definition) is 0. The summed E-state index contributed by atoms with van der Waals surface area (Å²) in [4.78, 5) is 0. The Bertz CT molecular complexity index is 995. The molecule has 0 nitrogen and oxygen atoms in total. The van der Waals surface area contributed by atoms with Crippen molar-refractivity contribution in [1.82, 2.24) is 0 Å². The fraction of sp³-hybridized carbons (Fsp3) is 0.130. The maximum atomic E-state index is 2.36. The van der Waals surface area contributed by atoms with Crippen LogP contribution in [0, 0.1) is 6.92 Å². The van der Waals surface area contributed by atoms with Crippen LogP contribution in [-0.2, 0) is 6.42 Å². The number of fused-ring (bicyclic) bond motifs is 3. The zero-order valence-corrected chi connectivity index (χ0v) is 13.6. The lowest BCUT2D eigenvalue weighted by atomic mass is 9.88. The second kappa shape index (κ2) is 5.55. The van der Waals surface area contributed by atoms with E-state index in [1.165, 1.54) is 43.8 Å². The van der Waals surface area contributed by atoms with Gasteiger partial charge in [0.2, 0.25) is 0 Å².